The predicted octanol–water partition coefficient (Wildman–Crippen LogP) is 4.07. The third-order valence-corrected chi connectivity index (χ3v) is 5.46. The van der Waals surface area contributed by atoms with Crippen molar-refractivity contribution in [2.75, 3.05) is 0 Å². The summed E-state index contributed by atoms with van der Waals surface area (Å²) in [6.07, 6.45) is 0.332. The Morgan fingerprint density at radius 2 is 1.90 bits per heavy atom. The summed E-state index contributed by atoms with van der Waals surface area (Å²) in [7, 11) is 0. The Hall–Kier alpha value is -2.57. The first kappa shape index (κ1) is 21.1. The fraction of sp³-hybridized carbons (Fsp3) is 0.286. The zero-order chi connectivity index (χ0) is 21.0. The second kappa shape index (κ2) is 9.29. The molecule has 2 unspecified atom stereocenters. The van der Waals surface area contributed by atoms with E-state index < -0.39 is 12.1 Å². The van der Waals surface area contributed by atoms with Crippen molar-refractivity contribution in [2.45, 2.75) is 38.4 Å². The van der Waals surface area contributed by atoms with Gasteiger partial charge in [0.15, 0.2) is 0 Å². The molecule has 0 aromatic heterocycles. The lowest BCUT2D eigenvalue weighted by Gasteiger charge is -2.21. The van der Waals surface area contributed by atoms with Crippen molar-refractivity contribution in [3.8, 4) is 0 Å². The molecule has 6 nitrogen and oxygen atoms in total. The van der Waals surface area contributed by atoms with Crippen molar-refractivity contribution in [1.29, 1.82) is 0 Å². The van der Waals surface area contributed by atoms with Gasteiger partial charge in [0.05, 0.1) is 6.04 Å². The minimum atomic E-state index is -0.710. The molecule has 1 saturated heterocycles. The van der Waals surface area contributed by atoms with E-state index in [1.807, 2.05) is 30.3 Å². The summed E-state index contributed by atoms with van der Waals surface area (Å²) in [5.74, 6) is -0.549. The van der Waals surface area contributed by atoms with Crippen LogP contribution in [0, 0.1) is 0 Å². The number of hydrogen-bond acceptors (Lipinski definition) is 3. The van der Waals surface area contributed by atoms with Crippen molar-refractivity contribution in [3.63, 3.8) is 0 Å². The van der Waals surface area contributed by atoms with Crippen LogP contribution < -0.4 is 10.6 Å². The normalized spacial score (nSPS) is 17.2. The molecule has 2 aromatic carbocycles. The number of halogens is 2. The van der Waals surface area contributed by atoms with Gasteiger partial charge in [-0.25, -0.2) is 4.79 Å². The molecule has 2 aromatic rings. The Labute approximate surface area is 179 Å². The quantitative estimate of drug-likeness (QED) is 0.645. The average molecular weight is 434 g/mol. The number of imide groups is 1. The molecule has 2 atom stereocenters. The van der Waals surface area contributed by atoms with E-state index in [4.69, 9.17) is 23.2 Å². The highest BCUT2D eigenvalue weighted by Gasteiger charge is 2.40. The van der Waals surface area contributed by atoms with E-state index in [2.05, 4.69) is 10.6 Å². The van der Waals surface area contributed by atoms with Crippen LogP contribution in [-0.4, -0.2) is 28.8 Å². The number of rotatable bonds is 7. The van der Waals surface area contributed by atoms with Gasteiger partial charge in [-0.05, 0) is 36.6 Å². The first-order valence-electron chi connectivity index (χ1n) is 9.26. The lowest BCUT2D eigenvalue weighted by molar-refractivity contribution is -0.129. The van der Waals surface area contributed by atoms with Crippen LogP contribution in [0.25, 0.3) is 0 Å². The van der Waals surface area contributed by atoms with E-state index in [0.717, 1.165) is 11.1 Å². The zero-order valence-electron chi connectivity index (χ0n) is 15.8. The number of benzene rings is 2. The fourth-order valence-electron chi connectivity index (χ4n) is 3.21. The monoisotopic (exact) mass is 433 g/mol. The highest BCUT2D eigenvalue weighted by Crippen LogP contribution is 2.25. The number of urea groups is 1. The third kappa shape index (κ3) is 5.08. The Kier molecular flexibility index (Phi) is 6.77. The number of carbonyl (C=O) groups is 3. The lowest BCUT2D eigenvalue weighted by Crippen LogP contribution is -2.34. The van der Waals surface area contributed by atoms with E-state index in [1.165, 1.54) is 4.90 Å². The molecule has 0 spiro atoms. The van der Waals surface area contributed by atoms with Crippen LogP contribution in [0.5, 0.6) is 0 Å². The molecule has 1 fully saturated rings. The van der Waals surface area contributed by atoms with Crippen LogP contribution in [0.1, 0.15) is 36.9 Å². The smallest absolute Gasteiger partial charge is 0.325 e. The topological polar surface area (TPSA) is 78.5 Å². The number of carbonyl (C=O) groups excluding carboxylic acids is 3. The molecule has 8 heteroatoms. The zero-order valence-corrected chi connectivity index (χ0v) is 17.3. The maximum absolute atomic E-state index is 12.7. The van der Waals surface area contributed by atoms with Crippen LogP contribution >= 0.6 is 23.2 Å². The molecular formula is C21H21Cl2N3O3. The highest BCUT2D eigenvalue weighted by atomic mass is 35.5. The van der Waals surface area contributed by atoms with Gasteiger partial charge in [0.25, 0.3) is 5.91 Å². The molecule has 1 aliphatic rings. The van der Waals surface area contributed by atoms with Crippen LogP contribution in [0.4, 0.5) is 4.79 Å². The summed E-state index contributed by atoms with van der Waals surface area (Å²) in [6, 6.07) is 12.9. The Balaban J connectivity index is 1.52. The minimum Gasteiger partial charge on any atom is -0.352 e. The Morgan fingerprint density at radius 3 is 2.59 bits per heavy atom. The summed E-state index contributed by atoms with van der Waals surface area (Å²) in [6.45, 7) is 2.06. The average Bonchev–Trinajstić information content (AvgIpc) is 2.99. The SMILES string of the molecule is CC(c1ccccc1)N1C(=O)NC(CCC(=O)NCc2ccc(Cl)cc2Cl)C1=O. The fourth-order valence-corrected chi connectivity index (χ4v) is 3.69. The van der Waals surface area contributed by atoms with Crippen molar-refractivity contribution < 1.29 is 14.4 Å². The molecule has 0 saturated carbocycles. The molecule has 0 aliphatic carbocycles. The molecule has 152 valence electrons. The minimum absolute atomic E-state index is 0.107. The van der Waals surface area contributed by atoms with Crippen LogP contribution in [0.15, 0.2) is 48.5 Å². The second-order valence-corrected chi connectivity index (χ2v) is 7.69. The predicted molar refractivity (Wildman–Crippen MR) is 112 cm³/mol. The Bertz CT molecular complexity index is 921. The lowest BCUT2D eigenvalue weighted by atomic mass is 10.1. The maximum Gasteiger partial charge on any atom is 0.325 e. The molecule has 0 radical (unpaired) electrons. The molecule has 0 bridgehead atoms. The maximum atomic E-state index is 12.7. The molecule has 29 heavy (non-hydrogen) atoms. The molecule has 1 aliphatic heterocycles. The van der Waals surface area contributed by atoms with E-state index >= 15 is 0 Å². The van der Waals surface area contributed by atoms with Gasteiger partial charge in [-0.1, -0.05) is 59.6 Å². The van der Waals surface area contributed by atoms with Gasteiger partial charge in [0, 0.05) is 23.0 Å². The van der Waals surface area contributed by atoms with E-state index in [9.17, 15) is 14.4 Å². The van der Waals surface area contributed by atoms with Crippen molar-refractivity contribution >= 4 is 41.0 Å². The standard InChI is InChI=1S/C21H21Cl2N3O3/c1-13(14-5-3-2-4-6-14)26-20(28)18(25-21(26)29)9-10-19(27)24-12-15-7-8-16(22)11-17(15)23/h2-8,11,13,18H,9-10,12H2,1H3,(H,24,27)(H,25,29). The van der Waals surface area contributed by atoms with Crippen molar-refractivity contribution in [1.82, 2.24) is 15.5 Å². The van der Waals surface area contributed by atoms with Gasteiger partial charge in [0.1, 0.15) is 6.04 Å². The van der Waals surface area contributed by atoms with E-state index in [0.29, 0.717) is 10.0 Å². The summed E-state index contributed by atoms with van der Waals surface area (Å²) in [5, 5.41) is 6.43. The van der Waals surface area contributed by atoms with Crippen LogP contribution in [0.2, 0.25) is 10.0 Å². The summed E-state index contributed by atoms with van der Waals surface area (Å²) >= 11 is 12.0. The summed E-state index contributed by atoms with van der Waals surface area (Å²) in [5.41, 5.74) is 1.62. The highest BCUT2D eigenvalue weighted by molar-refractivity contribution is 6.35. The Morgan fingerprint density at radius 1 is 1.17 bits per heavy atom. The molecule has 4 amide bonds. The molecule has 2 N–H and O–H groups in total. The molecule has 3 rings (SSSR count). The van der Waals surface area contributed by atoms with Crippen LogP contribution in [-0.2, 0) is 16.1 Å². The molecular weight excluding hydrogens is 413 g/mol. The first-order valence-corrected chi connectivity index (χ1v) is 10.0. The molecule has 1 heterocycles. The second-order valence-electron chi connectivity index (χ2n) is 6.85. The number of amides is 4. The van der Waals surface area contributed by atoms with Gasteiger partial charge in [-0.15, -0.1) is 0 Å². The number of nitrogens with one attached hydrogen (secondary N) is 2. The van der Waals surface area contributed by atoms with Gasteiger partial charge >= 0.3 is 6.03 Å². The van der Waals surface area contributed by atoms with E-state index in [1.54, 1.807) is 25.1 Å². The van der Waals surface area contributed by atoms with Crippen molar-refractivity contribution in [2.24, 2.45) is 0 Å². The van der Waals surface area contributed by atoms with Crippen LogP contribution in [0.3, 0.4) is 0 Å². The first-order chi connectivity index (χ1) is 13.9. The van der Waals surface area contributed by atoms with Gasteiger partial charge in [-0.3, -0.25) is 14.5 Å². The third-order valence-electron chi connectivity index (χ3n) is 4.87. The number of nitrogens with zero attached hydrogens (tertiary/aromatic N) is 1. The van der Waals surface area contributed by atoms with Gasteiger partial charge in [0.2, 0.25) is 5.91 Å². The largest absolute Gasteiger partial charge is 0.352 e. The summed E-state index contributed by atoms with van der Waals surface area (Å²) in [4.78, 5) is 38.4. The van der Waals surface area contributed by atoms with Gasteiger partial charge in [-0.2, -0.15) is 0 Å². The van der Waals surface area contributed by atoms with E-state index in [-0.39, 0.29) is 37.2 Å². The number of hydrogen-bond donors (Lipinski definition) is 2. The summed E-state index contributed by atoms with van der Waals surface area (Å²) < 4.78 is 0. The van der Waals surface area contributed by atoms with Crippen molar-refractivity contribution in [3.05, 3.63) is 69.7 Å². The van der Waals surface area contributed by atoms with Gasteiger partial charge < -0.3 is 10.6 Å².